The number of halogens is 2. The first-order valence-electron chi connectivity index (χ1n) is 12.7. The van der Waals surface area contributed by atoms with E-state index >= 15 is 0 Å². The van der Waals surface area contributed by atoms with Crippen molar-refractivity contribution < 1.29 is 19.1 Å². The lowest BCUT2D eigenvalue weighted by Gasteiger charge is -2.35. The monoisotopic (exact) mass is 593 g/mol. The highest BCUT2D eigenvalue weighted by Crippen LogP contribution is 2.54. The van der Waals surface area contributed by atoms with Gasteiger partial charge in [0, 0.05) is 41.6 Å². The van der Waals surface area contributed by atoms with Crippen molar-refractivity contribution in [3.8, 4) is 22.9 Å². The van der Waals surface area contributed by atoms with E-state index in [4.69, 9.17) is 37.7 Å². The number of ether oxygens (including phenoxy) is 2. The molecule has 10 nitrogen and oxygen atoms in total. The SMILES string of the molecule is COc1ccc(-c2nc3c(n2C(C)C)[C@@]2(C(=O)Nc4cc(Cl)ccc42)N(c2cc(Cl)cn(C)c2=O)C3=O)c(OC)c1. The van der Waals surface area contributed by atoms with Crippen LogP contribution in [0.3, 0.4) is 0 Å². The Balaban J connectivity index is 1.74. The summed E-state index contributed by atoms with van der Waals surface area (Å²) in [4.78, 5) is 48.3. The first-order chi connectivity index (χ1) is 19.5. The summed E-state index contributed by atoms with van der Waals surface area (Å²) in [7, 11) is 4.61. The molecule has 0 fully saturated rings. The van der Waals surface area contributed by atoms with E-state index in [1.54, 1.807) is 43.5 Å². The molecule has 41 heavy (non-hydrogen) atoms. The van der Waals surface area contributed by atoms with Gasteiger partial charge in [0.25, 0.3) is 17.4 Å². The lowest BCUT2D eigenvalue weighted by molar-refractivity contribution is -0.119. The lowest BCUT2D eigenvalue weighted by atomic mass is 9.87. The van der Waals surface area contributed by atoms with Crippen LogP contribution in [0.5, 0.6) is 11.5 Å². The molecule has 0 radical (unpaired) electrons. The van der Waals surface area contributed by atoms with Crippen LogP contribution in [-0.2, 0) is 17.4 Å². The van der Waals surface area contributed by atoms with Crippen LogP contribution in [0.1, 0.15) is 41.6 Å². The summed E-state index contributed by atoms with van der Waals surface area (Å²) < 4.78 is 14.1. The van der Waals surface area contributed by atoms with Crippen molar-refractivity contribution in [3.05, 3.63) is 86.0 Å². The number of pyridine rings is 1. The second-order valence-corrected chi connectivity index (χ2v) is 11.0. The van der Waals surface area contributed by atoms with Gasteiger partial charge in [0.1, 0.15) is 23.0 Å². The van der Waals surface area contributed by atoms with E-state index in [-0.39, 0.29) is 22.4 Å². The average molecular weight is 594 g/mol. The van der Waals surface area contributed by atoms with Crippen molar-refractivity contribution in [2.45, 2.75) is 25.4 Å². The number of imidazole rings is 1. The minimum Gasteiger partial charge on any atom is -0.497 e. The zero-order valence-electron chi connectivity index (χ0n) is 22.8. The Bertz CT molecular complexity index is 1850. The molecule has 12 heteroatoms. The van der Waals surface area contributed by atoms with Crippen LogP contribution in [0.25, 0.3) is 11.4 Å². The number of anilines is 2. The number of nitrogens with one attached hydrogen (secondary N) is 1. The van der Waals surface area contributed by atoms with Gasteiger partial charge < -0.3 is 23.9 Å². The summed E-state index contributed by atoms with van der Waals surface area (Å²) in [5.74, 6) is 0.327. The highest BCUT2D eigenvalue weighted by molar-refractivity contribution is 6.32. The predicted octanol–water partition coefficient (Wildman–Crippen LogP) is 5.01. The molecule has 2 amide bonds. The fourth-order valence-electron chi connectivity index (χ4n) is 5.80. The lowest BCUT2D eigenvalue weighted by Crippen LogP contribution is -2.53. The van der Waals surface area contributed by atoms with Gasteiger partial charge in [-0.2, -0.15) is 0 Å². The number of hydrogen-bond donors (Lipinski definition) is 1. The molecule has 1 spiro atoms. The second-order valence-electron chi connectivity index (χ2n) is 10.1. The number of fused-ring (bicyclic) bond motifs is 4. The largest absolute Gasteiger partial charge is 0.497 e. The molecular formula is C29H25Cl2N5O5. The standard InChI is InChI=1S/C29H25Cl2N5O5/c1-14(2)35-24-23(33-25(35)18-8-7-17(40-4)12-22(18)41-5)27(38)36(21-11-16(31)13-34(3)26(21)37)29(24)19-9-6-15(30)10-20(19)32-28(29)39/h6-14H,1-5H3,(H,32,39)/t29-/m0/s1. The summed E-state index contributed by atoms with van der Waals surface area (Å²) in [5.41, 5.74) is -0.506. The molecule has 6 rings (SSSR count). The van der Waals surface area contributed by atoms with Gasteiger partial charge in [-0.15, -0.1) is 0 Å². The number of benzene rings is 2. The number of amides is 2. The molecule has 0 unspecified atom stereocenters. The molecular weight excluding hydrogens is 569 g/mol. The number of nitrogens with zero attached hydrogens (tertiary/aromatic N) is 4. The van der Waals surface area contributed by atoms with Crippen LogP contribution < -0.4 is 25.2 Å². The van der Waals surface area contributed by atoms with Crippen molar-refractivity contribution >= 4 is 46.4 Å². The van der Waals surface area contributed by atoms with Crippen molar-refractivity contribution in [3.63, 3.8) is 0 Å². The average Bonchev–Trinajstić information content (AvgIpc) is 3.54. The summed E-state index contributed by atoms with van der Waals surface area (Å²) in [6.45, 7) is 3.85. The van der Waals surface area contributed by atoms with Crippen LogP contribution >= 0.6 is 23.2 Å². The first-order valence-corrected chi connectivity index (χ1v) is 13.5. The molecule has 0 saturated carbocycles. The number of rotatable bonds is 5. The highest BCUT2D eigenvalue weighted by atomic mass is 35.5. The third-order valence-electron chi connectivity index (χ3n) is 7.48. The Kier molecular flexibility index (Phi) is 6.16. The summed E-state index contributed by atoms with van der Waals surface area (Å²) in [6, 6.07) is 11.3. The fraction of sp³-hybridized carbons (Fsp3) is 0.241. The molecule has 4 heterocycles. The third kappa shape index (κ3) is 3.63. The summed E-state index contributed by atoms with van der Waals surface area (Å²) in [6.07, 6.45) is 1.44. The van der Waals surface area contributed by atoms with Gasteiger partial charge in [-0.05, 0) is 44.2 Å². The van der Waals surface area contributed by atoms with Crippen LogP contribution in [0.15, 0.2) is 53.5 Å². The molecule has 1 N–H and O–H groups in total. The number of methoxy groups -OCH3 is 2. The molecule has 2 aliphatic rings. The topological polar surface area (TPSA) is 108 Å². The molecule has 210 valence electrons. The molecule has 1 atom stereocenters. The number of carbonyl (C=O) groups is 2. The Labute approximate surface area is 245 Å². The van der Waals surface area contributed by atoms with Crippen LogP contribution in [0.4, 0.5) is 11.4 Å². The maximum Gasteiger partial charge on any atom is 0.280 e. The number of carbonyl (C=O) groups excluding carboxylic acids is 2. The molecule has 0 saturated heterocycles. The zero-order chi connectivity index (χ0) is 29.4. The van der Waals surface area contributed by atoms with Crippen molar-refractivity contribution in [2.75, 3.05) is 24.4 Å². The zero-order valence-corrected chi connectivity index (χ0v) is 24.3. The van der Waals surface area contributed by atoms with E-state index in [0.717, 1.165) is 0 Å². The number of hydrogen-bond acceptors (Lipinski definition) is 6. The van der Waals surface area contributed by atoms with Gasteiger partial charge in [-0.1, -0.05) is 29.3 Å². The quantitative estimate of drug-likeness (QED) is 0.348. The smallest absolute Gasteiger partial charge is 0.280 e. The Morgan fingerprint density at radius 2 is 1.73 bits per heavy atom. The van der Waals surface area contributed by atoms with E-state index < -0.39 is 22.9 Å². The normalized spacial score (nSPS) is 17.3. The summed E-state index contributed by atoms with van der Waals surface area (Å²) >= 11 is 12.7. The predicted molar refractivity (Wildman–Crippen MR) is 156 cm³/mol. The second kappa shape index (κ2) is 9.39. The highest BCUT2D eigenvalue weighted by Gasteiger charge is 2.64. The van der Waals surface area contributed by atoms with Gasteiger partial charge in [0.2, 0.25) is 0 Å². The van der Waals surface area contributed by atoms with Gasteiger partial charge >= 0.3 is 0 Å². The minimum atomic E-state index is -1.78. The Hall–Kier alpha value is -4.28. The Morgan fingerprint density at radius 1 is 0.976 bits per heavy atom. The van der Waals surface area contributed by atoms with E-state index in [1.165, 1.54) is 35.9 Å². The molecule has 4 aromatic rings. The van der Waals surface area contributed by atoms with Crippen LogP contribution in [0, 0.1) is 0 Å². The molecule has 2 aromatic heterocycles. The van der Waals surface area contributed by atoms with Crippen molar-refractivity contribution in [2.24, 2.45) is 7.05 Å². The maximum absolute atomic E-state index is 14.4. The van der Waals surface area contributed by atoms with Crippen LogP contribution in [0.2, 0.25) is 10.0 Å². The van der Waals surface area contributed by atoms with E-state index in [0.29, 0.717) is 44.9 Å². The maximum atomic E-state index is 14.4. The minimum absolute atomic E-state index is 0.0338. The third-order valence-corrected chi connectivity index (χ3v) is 7.92. The molecule has 2 aromatic carbocycles. The molecule has 2 aliphatic heterocycles. The first kappa shape index (κ1) is 26.9. The van der Waals surface area contributed by atoms with Gasteiger partial charge in [-0.3, -0.25) is 19.3 Å². The van der Waals surface area contributed by atoms with E-state index in [1.807, 2.05) is 18.4 Å². The van der Waals surface area contributed by atoms with Crippen LogP contribution in [-0.4, -0.2) is 40.2 Å². The van der Waals surface area contributed by atoms with Crippen molar-refractivity contribution in [1.29, 1.82) is 0 Å². The van der Waals surface area contributed by atoms with E-state index in [9.17, 15) is 14.4 Å². The van der Waals surface area contributed by atoms with Gasteiger partial charge in [0.15, 0.2) is 11.2 Å². The number of aromatic nitrogens is 3. The van der Waals surface area contributed by atoms with Crippen molar-refractivity contribution in [1.82, 2.24) is 14.1 Å². The fourth-order valence-corrected chi connectivity index (χ4v) is 6.22. The molecule has 0 bridgehead atoms. The number of aryl methyl sites for hydroxylation is 1. The summed E-state index contributed by atoms with van der Waals surface area (Å²) in [5, 5.41) is 3.51. The Morgan fingerprint density at radius 3 is 2.41 bits per heavy atom. The van der Waals surface area contributed by atoms with E-state index in [2.05, 4.69) is 5.32 Å². The molecule has 0 aliphatic carbocycles. The van der Waals surface area contributed by atoms with Gasteiger partial charge in [-0.25, -0.2) is 4.98 Å². The van der Waals surface area contributed by atoms with Gasteiger partial charge in [0.05, 0.1) is 30.5 Å².